The highest BCUT2D eigenvalue weighted by molar-refractivity contribution is 5.82. The third kappa shape index (κ3) is 3.87. The maximum Gasteiger partial charge on any atom is 0.200 e. The number of hydrogen-bond acceptors (Lipinski definition) is 3. The molecule has 0 saturated heterocycles. The first kappa shape index (κ1) is 18.1. The molecule has 0 atom stereocenters. The normalized spacial score (nSPS) is 11.0. The van der Waals surface area contributed by atoms with Gasteiger partial charge in [0, 0.05) is 6.42 Å². The second-order valence-electron chi connectivity index (χ2n) is 6.52. The zero-order chi connectivity index (χ0) is 19.3. The van der Waals surface area contributed by atoms with E-state index in [1.54, 1.807) is 30.3 Å². The van der Waals surface area contributed by atoms with Gasteiger partial charge < -0.3 is 9.15 Å². The molecular formula is C24H19FO3. The van der Waals surface area contributed by atoms with Crippen molar-refractivity contribution >= 4 is 11.0 Å². The zero-order valence-electron chi connectivity index (χ0n) is 15.2. The van der Waals surface area contributed by atoms with Crippen LogP contribution in [0.3, 0.4) is 0 Å². The molecule has 4 heteroatoms. The number of para-hydroxylation sites is 1. The molecule has 3 nitrogen and oxygen atoms in total. The van der Waals surface area contributed by atoms with Gasteiger partial charge in [0.25, 0.3) is 0 Å². The van der Waals surface area contributed by atoms with Gasteiger partial charge in [0.2, 0.25) is 5.43 Å². The van der Waals surface area contributed by atoms with Gasteiger partial charge in [-0.25, -0.2) is 4.39 Å². The van der Waals surface area contributed by atoms with Crippen molar-refractivity contribution in [2.24, 2.45) is 0 Å². The van der Waals surface area contributed by atoms with E-state index in [4.69, 9.17) is 9.15 Å². The van der Waals surface area contributed by atoms with Crippen molar-refractivity contribution in [3.63, 3.8) is 0 Å². The average Bonchev–Trinajstić information content (AvgIpc) is 2.72. The molecule has 1 aromatic heterocycles. The molecule has 0 unspecified atom stereocenters. The Labute approximate surface area is 162 Å². The second kappa shape index (κ2) is 8.19. The van der Waals surface area contributed by atoms with Crippen LogP contribution in [0.1, 0.15) is 11.3 Å². The van der Waals surface area contributed by atoms with Gasteiger partial charge in [-0.2, -0.15) is 0 Å². The largest absolute Gasteiger partial charge is 0.460 e. The van der Waals surface area contributed by atoms with Crippen LogP contribution >= 0.6 is 0 Å². The quantitative estimate of drug-likeness (QED) is 0.427. The van der Waals surface area contributed by atoms with Crippen LogP contribution in [0.4, 0.5) is 4.39 Å². The number of benzene rings is 3. The Bertz CT molecular complexity index is 1150. The van der Waals surface area contributed by atoms with Crippen molar-refractivity contribution in [2.75, 3.05) is 6.61 Å². The summed E-state index contributed by atoms with van der Waals surface area (Å²) in [6.07, 6.45) is 0.415. The maximum atomic E-state index is 13.8. The lowest BCUT2D eigenvalue weighted by Crippen LogP contribution is -2.11. The Balaban J connectivity index is 1.66. The molecular weight excluding hydrogens is 355 g/mol. The van der Waals surface area contributed by atoms with E-state index in [0.717, 1.165) is 5.56 Å². The zero-order valence-corrected chi connectivity index (χ0v) is 15.2. The van der Waals surface area contributed by atoms with E-state index in [0.29, 0.717) is 47.5 Å². The van der Waals surface area contributed by atoms with E-state index in [-0.39, 0.29) is 5.43 Å². The van der Waals surface area contributed by atoms with Gasteiger partial charge in [0.05, 0.1) is 24.2 Å². The van der Waals surface area contributed by atoms with Crippen LogP contribution in [0.2, 0.25) is 0 Å². The molecule has 0 bridgehead atoms. The highest BCUT2D eigenvalue weighted by atomic mass is 19.1. The third-order valence-electron chi connectivity index (χ3n) is 4.57. The molecule has 0 fully saturated rings. The molecule has 3 aromatic carbocycles. The van der Waals surface area contributed by atoms with E-state index in [2.05, 4.69) is 0 Å². The highest BCUT2D eigenvalue weighted by Gasteiger charge is 2.16. The fourth-order valence-electron chi connectivity index (χ4n) is 3.23. The maximum absolute atomic E-state index is 13.8. The van der Waals surface area contributed by atoms with Crippen LogP contribution in [0.5, 0.6) is 0 Å². The number of ether oxygens (including phenoxy) is 1. The standard InChI is InChI=1S/C24H19FO3/c25-19-10-6-9-18(15-19)23-22(13-14-27-16-17-7-2-1-3-8-17)28-21-12-5-4-11-20(21)24(23)26/h1-12,15H,13-14,16H2. The highest BCUT2D eigenvalue weighted by Crippen LogP contribution is 2.25. The SMILES string of the molecule is O=c1c(-c2cccc(F)c2)c(CCOCc2ccccc2)oc2ccccc12. The van der Waals surface area contributed by atoms with Gasteiger partial charge in [0.15, 0.2) is 0 Å². The lowest BCUT2D eigenvalue weighted by atomic mass is 10.0. The minimum atomic E-state index is -0.392. The Morgan fingerprint density at radius 2 is 1.68 bits per heavy atom. The van der Waals surface area contributed by atoms with Crippen molar-refractivity contribution in [1.82, 2.24) is 0 Å². The monoisotopic (exact) mass is 374 g/mol. The lowest BCUT2D eigenvalue weighted by Gasteiger charge is -2.11. The number of halogens is 1. The van der Waals surface area contributed by atoms with E-state index >= 15 is 0 Å². The van der Waals surface area contributed by atoms with Gasteiger partial charge in [-0.3, -0.25) is 4.79 Å². The van der Waals surface area contributed by atoms with Gasteiger partial charge in [-0.1, -0.05) is 54.6 Å². The Hall–Kier alpha value is -3.24. The minimum Gasteiger partial charge on any atom is -0.460 e. The van der Waals surface area contributed by atoms with Gasteiger partial charge in [-0.05, 0) is 35.4 Å². The predicted octanol–water partition coefficient (Wildman–Crippen LogP) is 5.36. The number of hydrogen-bond donors (Lipinski definition) is 0. The summed E-state index contributed by atoms with van der Waals surface area (Å²) in [4.78, 5) is 13.1. The molecule has 140 valence electrons. The summed E-state index contributed by atoms with van der Waals surface area (Å²) in [5.74, 6) is 0.110. The second-order valence-corrected chi connectivity index (χ2v) is 6.52. The van der Waals surface area contributed by atoms with Crippen LogP contribution in [0.25, 0.3) is 22.1 Å². The minimum absolute atomic E-state index is 0.162. The van der Waals surface area contributed by atoms with Gasteiger partial charge >= 0.3 is 0 Å². The van der Waals surface area contributed by atoms with Gasteiger partial charge in [0.1, 0.15) is 17.2 Å². The smallest absolute Gasteiger partial charge is 0.200 e. The summed E-state index contributed by atoms with van der Waals surface area (Å²) in [6.45, 7) is 0.868. The molecule has 0 spiro atoms. The van der Waals surface area contributed by atoms with E-state index in [9.17, 15) is 9.18 Å². The molecule has 4 aromatic rings. The summed E-state index contributed by atoms with van der Waals surface area (Å²) in [6, 6.07) is 23.0. The molecule has 1 heterocycles. The van der Waals surface area contributed by atoms with E-state index in [1.165, 1.54) is 12.1 Å². The first-order valence-electron chi connectivity index (χ1n) is 9.15. The molecule has 0 radical (unpaired) electrons. The Morgan fingerprint density at radius 1 is 0.893 bits per heavy atom. The first-order valence-corrected chi connectivity index (χ1v) is 9.15. The first-order chi connectivity index (χ1) is 13.7. The molecule has 0 aliphatic rings. The fraction of sp³-hybridized carbons (Fsp3) is 0.125. The molecule has 28 heavy (non-hydrogen) atoms. The molecule has 0 aliphatic carbocycles. The van der Waals surface area contributed by atoms with Crippen LogP contribution in [0, 0.1) is 5.82 Å². The predicted molar refractivity (Wildman–Crippen MR) is 108 cm³/mol. The third-order valence-corrected chi connectivity index (χ3v) is 4.57. The van der Waals surface area contributed by atoms with Crippen molar-refractivity contribution in [3.05, 3.63) is 106 Å². The van der Waals surface area contributed by atoms with Crippen LogP contribution in [-0.4, -0.2) is 6.61 Å². The Morgan fingerprint density at radius 3 is 2.50 bits per heavy atom. The van der Waals surface area contributed by atoms with Crippen molar-refractivity contribution < 1.29 is 13.5 Å². The summed E-state index contributed by atoms with van der Waals surface area (Å²) >= 11 is 0. The summed E-state index contributed by atoms with van der Waals surface area (Å²) < 4.78 is 25.5. The van der Waals surface area contributed by atoms with Gasteiger partial charge in [-0.15, -0.1) is 0 Å². The molecule has 0 aliphatic heterocycles. The molecule has 0 amide bonds. The van der Waals surface area contributed by atoms with Crippen molar-refractivity contribution in [2.45, 2.75) is 13.0 Å². The van der Waals surface area contributed by atoms with Crippen LogP contribution in [-0.2, 0) is 17.8 Å². The summed E-state index contributed by atoms with van der Waals surface area (Å²) in [5, 5.41) is 0.482. The number of fused-ring (bicyclic) bond motifs is 1. The van der Waals surface area contributed by atoms with Crippen LogP contribution in [0.15, 0.2) is 88.1 Å². The van der Waals surface area contributed by atoms with Crippen molar-refractivity contribution in [1.29, 1.82) is 0 Å². The Kier molecular flexibility index (Phi) is 5.31. The summed E-state index contributed by atoms with van der Waals surface area (Å²) in [7, 11) is 0. The summed E-state index contributed by atoms with van der Waals surface area (Å²) in [5.41, 5.74) is 2.34. The molecule has 0 saturated carbocycles. The molecule has 4 rings (SSSR count). The number of rotatable bonds is 6. The van der Waals surface area contributed by atoms with Crippen molar-refractivity contribution in [3.8, 4) is 11.1 Å². The van der Waals surface area contributed by atoms with E-state index in [1.807, 2.05) is 36.4 Å². The average molecular weight is 374 g/mol. The lowest BCUT2D eigenvalue weighted by molar-refractivity contribution is 0.120. The fourth-order valence-corrected chi connectivity index (χ4v) is 3.23. The topological polar surface area (TPSA) is 39.4 Å². The van der Waals surface area contributed by atoms with Crippen LogP contribution < -0.4 is 5.43 Å². The molecule has 0 N–H and O–H groups in total. The van der Waals surface area contributed by atoms with E-state index < -0.39 is 5.82 Å².